The van der Waals surface area contributed by atoms with Crippen LogP contribution in [0.25, 0.3) is 0 Å². The van der Waals surface area contributed by atoms with Crippen molar-refractivity contribution in [2.45, 2.75) is 6.92 Å². The molecule has 8 heteroatoms. The largest absolute Gasteiger partial charge is 0.465 e. The first-order chi connectivity index (χ1) is 13.0. The van der Waals surface area contributed by atoms with Gasteiger partial charge in [-0.05, 0) is 32.2 Å². The van der Waals surface area contributed by atoms with E-state index in [-0.39, 0.29) is 11.9 Å². The number of benzene rings is 1. The molecular weight excluding hydrogens is 346 g/mol. The van der Waals surface area contributed by atoms with Crippen molar-refractivity contribution in [1.82, 2.24) is 19.8 Å². The maximum Gasteiger partial charge on any atom is 0.339 e. The molecule has 1 amide bonds. The van der Waals surface area contributed by atoms with Gasteiger partial charge >= 0.3 is 5.97 Å². The maximum absolute atomic E-state index is 12.8. The normalized spacial score (nSPS) is 14.7. The first kappa shape index (κ1) is 18.8. The second-order valence-electron chi connectivity index (χ2n) is 6.48. The van der Waals surface area contributed by atoms with Gasteiger partial charge < -0.3 is 19.9 Å². The third kappa shape index (κ3) is 4.40. The number of methoxy groups -OCH3 is 1. The van der Waals surface area contributed by atoms with Crippen molar-refractivity contribution < 1.29 is 14.3 Å². The van der Waals surface area contributed by atoms with Gasteiger partial charge in [0, 0.05) is 31.9 Å². The molecule has 8 nitrogen and oxygen atoms in total. The predicted octanol–water partition coefficient (Wildman–Crippen LogP) is 1.70. The van der Waals surface area contributed by atoms with Crippen LogP contribution in [0, 0.1) is 6.92 Å². The number of para-hydroxylation sites is 1. The van der Waals surface area contributed by atoms with Gasteiger partial charge in [0.1, 0.15) is 5.69 Å². The highest BCUT2D eigenvalue weighted by Gasteiger charge is 2.22. The van der Waals surface area contributed by atoms with Crippen molar-refractivity contribution in [2.24, 2.45) is 0 Å². The number of hydrogen-bond acceptors (Lipinski definition) is 7. The molecule has 0 aliphatic carbocycles. The van der Waals surface area contributed by atoms with Crippen LogP contribution >= 0.6 is 0 Å². The number of piperazine rings is 1. The third-order valence-corrected chi connectivity index (χ3v) is 4.44. The van der Waals surface area contributed by atoms with E-state index in [4.69, 9.17) is 4.74 Å². The Kier molecular flexibility index (Phi) is 5.66. The summed E-state index contributed by atoms with van der Waals surface area (Å²) in [6, 6.07) is 8.61. The summed E-state index contributed by atoms with van der Waals surface area (Å²) in [5, 5.41) is 3.03. The lowest BCUT2D eigenvalue weighted by Gasteiger charge is -2.32. The molecule has 0 atom stereocenters. The molecule has 1 saturated heterocycles. The number of carbonyl (C=O) groups is 2. The number of carbonyl (C=O) groups excluding carboxylic acids is 2. The van der Waals surface area contributed by atoms with Crippen molar-refractivity contribution in [1.29, 1.82) is 0 Å². The highest BCUT2D eigenvalue weighted by molar-refractivity contribution is 5.96. The van der Waals surface area contributed by atoms with Crippen molar-refractivity contribution in [2.75, 3.05) is 45.7 Å². The quantitative estimate of drug-likeness (QED) is 0.821. The molecule has 1 aliphatic heterocycles. The number of amides is 1. The van der Waals surface area contributed by atoms with Gasteiger partial charge in [0.2, 0.25) is 5.95 Å². The van der Waals surface area contributed by atoms with Gasteiger partial charge in [-0.25, -0.2) is 14.8 Å². The molecule has 0 spiro atoms. The van der Waals surface area contributed by atoms with Gasteiger partial charge in [-0.15, -0.1) is 0 Å². The molecule has 0 saturated carbocycles. The lowest BCUT2D eigenvalue weighted by molar-refractivity contribution is 0.0600. The smallest absolute Gasteiger partial charge is 0.339 e. The summed E-state index contributed by atoms with van der Waals surface area (Å²) >= 11 is 0. The van der Waals surface area contributed by atoms with Crippen LogP contribution in [0.4, 0.5) is 11.6 Å². The standard InChI is InChI=1S/C19H23N5O3/c1-13-12-16(17(25)24-10-8-23(2)9-11-24)22-19(20-13)21-15-7-5-4-6-14(15)18(26)27-3/h4-7,12H,8-11H2,1-3H3,(H,20,21,22). The van der Waals surface area contributed by atoms with Crippen LogP contribution in [0.15, 0.2) is 30.3 Å². The topological polar surface area (TPSA) is 87.7 Å². The van der Waals surface area contributed by atoms with Crippen LogP contribution in [-0.2, 0) is 4.74 Å². The van der Waals surface area contributed by atoms with Crippen LogP contribution < -0.4 is 5.32 Å². The zero-order chi connectivity index (χ0) is 19.4. The Bertz CT molecular complexity index is 847. The predicted molar refractivity (Wildman–Crippen MR) is 101 cm³/mol. The van der Waals surface area contributed by atoms with E-state index >= 15 is 0 Å². The minimum atomic E-state index is -0.459. The lowest BCUT2D eigenvalue weighted by atomic mass is 10.2. The van der Waals surface area contributed by atoms with Crippen LogP contribution in [0.3, 0.4) is 0 Å². The number of esters is 1. The fraction of sp³-hybridized carbons (Fsp3) is 0.368. The van der Waals surface area contributed by atoms with Crippen molar-refractivity contribution in [3.8, 4) is 0 Å². The van der Waals surface area contributed by atoms with Crippen LogP contribution in [0.1, 0.15) is 26.5 Å². The van der Waals surface area contributed by atoms with E-state index in [1.54, 1.807) is 42.2 Å². The Balaban J connectivity index is 1.84. The van der Waals surface area contributed by atoms with E-state index in [1.165, 1.54) is 7.11 Å². The van der Waals surface area contributed by atoms with Gasteiger partial charge in [-0.3, -0.25) is 4.79 Å². The number of aryl methyl sites for hydroxylation is 1. The van der Waals surface area contributed by atoms with E-state index in [0.717, 1.165) is 13.1 Å². The highest BCUT2D eigenvalue weighted by Crippen LogP contribution is 2.20. The second-order valence-corrected chi connectivity index (χ2v) is 6.48. The summed E-state index contributed by atoms with van der Waals surface area (Å²) in [6.07, 6.45) is 0. The van der Waals surface area contributed by atoms with Crippen LogP contribution in [0.5, 0.6) is 0 Å². The molecule has 0 radical (unpaired) electrons. The van der Waals surface area contributed by atoms with Gasteiger partial charge in [0.05, 0.1) is 18.4 Å². The Morgan fingerprint density at radius 1 is 1.11 bits per heavy atom. The zero-order valence-electron chi connectivity index (χ0n) is 15.7. The first-order valence-electron chi connectivity index (χ1n) is 8.76. The minimum absolute atomic E-state index is 0.113. The lowest BCUT2D eigenvalue weighted by Crippen LogP contribution is -2.47. The van der Waals surface area contributed by atoms with Crippen molar-refractivity contribution in [3.63, 3.8) is 0 Å². The fourth-order valence-corrected chi connectivity index (χ4v) is 2.91. The van der Waals surface area contributed by atoms with Gasteiger partial charge in [0.25, 0.3) is 5.91 Å². The Hall–Kier alpha value is -3.00. The number of likely N-dealkylation sites (N-methyl/N-ethyl adjacent to an activating group) is 1. The summed E-state index contributed by atoms with van der Waals surface area (Å²) < 4.78 is 4.80. The number of anilines is 2. The summed E-state index contributed by atoms with van der Waals surface area (Å²) in [5.74, 6) is -0.304. The third-order valence-electron chi connectivity index (χ3n) is 4.44. The fourth-order valence-electron chi connectivity index (χ4n) is 2.91. The first-order valence-corrected chi connectivity index (χ1v) is 8.76. The minimum Gasteiger partial charge on any atom is -0.465 e. The molecule has 1 aromatic carbocycles. The molecule has 2 aromatic rings. The number of aromatic nitrogens is 2. The van der Waals surface area contributed by atoms with Gasteiger partial charge in [-0.2, -0.15) is 0 Å². The molecule has 27 heavy (non-hydrogen) atoms. The van der Waals surface area contributed by atoms with E-state index in [1.807, 2.05) is 7.05 Å². The summed E-state index contributed by atoms with van der Waals surface area (Å²) in [7, 11) is 3.37. The maximum atomic E-state index is 12.8. The molecule has 2 heterocycles. The average Bonchev–Trinajstić information content (AvgIpc) is 2.67. The number of nitrogens with one attached hydrogen (secondary N) is 1. The summed E-state index contributed by atoms with van der Waals surface area (Å²) in [6.45, 7) is 4.83. The highest BCUT2D eigenvalue weighted by atomic mass is 16.5. The Labute approximate surface area is 158 Å². The van der Waals surface area contributed by atoms with Crippen molar-refractivity contribution >= 4 is 23.5 Å². The molecule has 0 unspecified atom stereocenters. The molecule has 0 bridgehead atoms. The van der Waals surface area contributed by atoms with E-state index in [2.05, 4.69) is 20.2 Å². The molecule has 142 valence electrons. The van der Waals surface area contributed by atoms with Crippen LogP contribution in [0.2, 0.25) is 0 Å². The van der Waals surface area contributed by atoms with Gasteiger partial charge in [0.15, 0.2) is 0 Å². The zero-order valence-corrected chi connectivity index (χ0v) is 15.7. The number of hydrogen-bond donors (Lipinski definition) is 1. The van der Waals surface area contributed by atoms with E-state index in [9.17, 15) is 9.59 Å². The monoisotopic (exact) mass is 369 g/mol. The van der Waals surface area contributed by atoms with E-state index in [0.29, 0.717) is 35.7 Å². The molecule has 1 fully saturated rings. The average molecular weight is 369 g/mol. The molecule has 1 N–H and O–H groups in total. The molecule has 1 aliphatic rings. The summed E-state index contributed by atoms with van der Waals surface area (Å²) in [4.78, 5) is 37.4. The Morgan fingerprint density at radius 3 is 2.52 bits per heavy atom. The van der Waals surface area contributed by atoms with E-state index < -0.39 is 5.97 Å². The number of ether oxygens (including phenoxy) is 1. The second kappa shape index (κ2) is 8.13. The molecule has 1 aromatic heterocycles. The molecular formula is C19H23N5O3. The number of nitrogens with zero attached hydrogens (tertiary/aromatic N) is 4. The summed E-state index contributed by atoms with van der Waals surface area (Å²) in [5.41, 5.74) is 1.90. The number of rotatable bonds is 4. The SMILES string of the molecule is COC(=O)c1ccccc1Nc1nc(C)cc(C(=O)N2CCN(C)CC2)n1. The molecule has 3 rings (SSSR count). The van der Waals surface area contributed by atoms with Crippen molar-refractivity contribution in [3.05, 3.63) is 47.3 Å². The Morgan fingerprint density at radius 2 is 1.81 bits per heavy atom. The van der Waals surface area contributed by atoms with Crippen LogP contribution in [-0.4, -0.2) is 72.0 Å². The van der Waals surface area contributed by atoms with Gasteiger partial charge in [-0.1, -0.05) is 12.1 Å².